The second-order valence-electron chi connectivity index (χ2n) is 6.60. The second-order valence-corrected chi connectivity index (χ2v) is 6.60. The lowest BCUT2D eigenvalue weighted by molar-refractivity contribution is 0.0204. The van der Waals surface area contributed by atoms with Crippen LogP contribution in [0.3, 0.4) is 0 Å². The first-order chi connectivity index (χ1) is 10.3. The number of halogens is 1. The van der Waals surface area contributed by atoms with E-state index < -0.39 is 5.60 Å². The number of piperidine rings is 1. The molecule has 5 heteroatoms. The van der Waals surface area contributed by atoms with E-state index in [4.69, 9.17) is 9.47 Å². The standard InChI is InChI=1S/C17H24FNO3/c1-17(2,3)22-16(20)19-10-8-12(9-11-19)13-6-5-7-14(18)15(13)21-4/h5-7,12H,8-11H2,1-4H3. The molecule has 122 valence electrons. The normalized spacial score (nSPS) is 16.5. The summed E-state index contributed by atoms with van der Waals surface area (Å²) in [4.78, 5) is 13.8. The molecule has 0 atom stereocenters. The molecule has 1 aromatic carbocycles. The lowest BCUT2D eigenvalue weighted by Gasteiger charge is -2.34. The van der Waals surface area contributed by atoms with Gasteiger partial charge in [0.15, 0.2) is 11.6 Å². The number of hydrogen-bond acceptors (Lipinski definition) is 3. The highest BCUT2D eigenvalue weighted by Gasteiger charge is 2.29. The summed E-state index contributed by atoms with van der Waals surface area (Å²) in [6.07, 6.45) is 1.27. The minimum Gasteiger partial charge on any atom is -0.493 e. The zero-order valence-electron chi connectivity index (χ0n) is 13.7. The van der Waals surface area contributed by atoms with E-state index in [1.54, 1.807) is 11.0 Å². The van der Waals surface area contributed by atoms with Crippen molar-refractivity contribution in [2.24, 2.45) is 0 Å². The number of hydrogen-bond donors (Lipinski definition) is 0. The Morgan fingerprint density at radius 3 is 2.45 bits per heavy atom. The van der Waals surface area contributed by atoms with Gasteiger partial charge >= 0.3 is 6.09 Å². The van der Waals surface area contributed by atoms with Crippen LogP contribution in [0.15, 0.2) is 18.2 Å². The van der Waals surface area contributed by atoms with Gasteiger partial charge in [-0.05, 0) is 45.6 Å². The van der Waals surface area contributed by atoms with Gasteiger partial charge in [-0.2, -0.15) is 0 Å². The van der Waals surface area contributed by atoms with Crippen molar-refractivity contribution >= 4 is 6.09 Å². The second kappa shape index (κ2) is 6.55. The zero-order valence-corrected chi connectivity index (χ0v) is 13.7. The molecule has 2 rings (SSSR count). The van der Waals surface area contributed by atoms with Crippen molar-refractivity contribution in [1.29, 1.82) is 0 Å². The first-order valence-corrected chi connectivity index (χ1v) is 7.62. The molecule has 1 fully saturated rings. The number of methoxy groups -OCH3 is 1. The Morgan fingerprint density at radius 1 is 1.27 bits per heavy atom. The summed E-state index contributed by atoms with van der Waals surface area (Å²) in [5.74, 6) is 0.178. The van der Waals surface area contributed by atoms with Gasteiger partial charge in [0.05, 0.1) is 7.11 Å². The van der Waals surface area contributed by atoms with E-state index >= 15 is 0 Å². The number of rotatable bonds is 2. The van der Waals surface area contributed by atoms with Crippen LogP contribution in [0.2, 0.25) is 0 Å². The molecular weight excluding hydrogens is 285 g/mol. The van der Waals surface area contributed by atoms with Crippen LogP contribution in [0.1, 0.15) is 45.1 Å². The van der Waals surface area contributed by atoms with Gasteiger partial charge in [0.25, 0.3) is 0 Å². The first-order valence-electron chi connectivity index (χ1n) is 7.62. The van der Waals surface area contributed by atoms with Crippen molar-refractivity contribution in [1.82, 2.24) is 4.90 Å². The highest BCUT2D eigenvalue weighted by Crippen LogP contribution is 2.35. The molecule has 0 aliphatic carbocycles. The van der Waals surface area contributed by atoms with Crippen molar-refractivity contribution in [3.8, 4) is 5.75 Å². The Kier molecular flexibility index (Phi) is 4.94. The van der Waals surface area contributed by atoms with Gasteiger partial charge in [-0.25, -0.2) is 9.18 Å². The lowest BCUT2D eigenvalue weighted by Crippen LogP contribution is -2.41. The average Bonchev–Trinajstić information content (AvgIpc) is 2.45. The molecule has 0 bridgehead atoms. The molecule has 0 spiro atoms. The smallest absolute Gasteiger partial charge is 0.410 e. The predicted molar refractivity (Wildman–Crippen MR) is 82.7 cm³/mol. The van der Waals surface area contributed by atoms with Gasteiger partial charge in [-0.3, -0.25) is 0 Å². The molecule has 22 heavy (non-hydrogen) atoms. The minimum absolute atomic E-state index is 0.198. The maximum atomic E-state index is 13.8. The molecule has 4 nitrogen and oxygen atoms in total. The summed E-state index contributed by atoms with van der Waals surface area (Å²) in [6, 6.07) is 5.00. The molecule has 1 amide bonds. The number of ether oxygens (including phenoxy) is 2. The molecule has 0 N–H and O–H groups in total. The van der Waals surface area contributed by atoms with Crippen LogP contribution in [-0.4, -0.2) is 36.8 Å². The molecular formula is C17H24FNO3. The van der Waals surface area contributed by atoms with Gasteiger partial charge in [-0.15, -0.1) is 0 Å². The van der Waals surface area contributed by atoms with Crippen molar-refractivity contribution < 1.29 is 18.7 Å². The van der Waals surface area contributed by atoms with Gasteiger partial charge in [0.1, 0.15) is 5.60 Å². The number of carbonyl (C=O) groups excluding carboxylic acids is 1. The Balaban J connectivity index is 2.01. The van der Waals surface area contributed by atoms with Gasteiger partial charge < -0.3 is 14.4 Å². The molecule has 1 saturated heterocycles. The summed E-state index contributed by atoms with van der Waals surface area (Å²) < 4.78 is 24.4. The highest BCUT2D eigenvalue weighted by atomic mass is 19.1. The first kappa shape index (κ1) is 16.6. The predicted octanol–water partition coefficient (Wildman–Crippen LogP) is 3.95. The number of para-hydroxylation sites is 1. The number of carbonyl (C=O) groups is 1. The summed E-state index contributed by atoms with van der Waals surface area (Å²) in [6.45, 7) is 6.79. The molecule has 0 aromatic heterocycles. The van der Waals surface area contributed by atoms with Crippen LogP contribution in [0.25, 0.3) is 0 Å². The van der Waals surface area contributed by atoms with Crippen molar-refractivity contribution in [2.45, 2.75) is 45.1 Å². The van der Waals surface area contributed by atoms with Crippen LogP contribution in [0.5, 0.6) is 5.75 Å². The lowest BCUT2D eigenvalue weighted by atomic mass is 9.89. The minimum atomic E-state index is -0.486. The molecule has 1 aliphatic rings. The Morgan fingerprint density at radius 2 is 1.91 bits per heavy atom. The SMILES string of the molecule is COc1c(F)cccc1C1CCN(C(=O)OC(C)(C)C)CC1. The molecule has 0 saturated carbocycles. The summed E-state index contributed by atoms with van der Waals surface area (Å²) in [7, 11) is 1.48. The van der Waals surface area contributed by atoms with E-state index in [1.807, 2.05) is 26.8 Å². The highest BCUT2D eigenvalue weighted by molar-refractivity contribution is 5.68. The largest absolute Gasteiger partial charge is 0.493 e. The molecule has 1 heterocycles. The van der Waals surface area contributed by atoms with E-state index in [-0.39, 0.29) is 17.8 Å². The van der Waals surface area contributed by atoms with Crippen LogP contribution in [0, 0.1) is 5.82 Å². The maximum Gasteiger partial charge on any atom is 0.410 e. The van der Waals surface area contributed by atoms with Gasteiger partial charge in [-0.1, -0.05) is 12.1 Å². The average molecular weight is 309 g/mol. The van der Waals surface area contributed by atoms with Crippen LogP contribution < -0.4 is 4.74 Å². The quantitative estimate of drug-likeness (QED) is 0.830. The van der Waals surface area contributed by atoms with Crippen LogP contribution >= 0.6 is 0 Å². The van der Waals surface area contributed by atoms with E-state index in [9.17, 15) is 9.18 Å². The molecule has 1 aliphatic heterocycles. The van der Waals surface area contributed by atoms with Gasteiger partial charge in [0.2, 0.25) is 0 Å². The fourth-order valence-corrected chi connectivity index (χ4v) is 2.76. The Hall–Kier alpha value is -1.78. The molecule has 0 unspecified atom stereocenters. The number of benzene rings is 1. The molecule has 1 aromatic rings. The summed E-state index contributed by atoms with van der Waals surface area (Å²) in [5, 5.41) is 0. The number of amides is 1. The third kappa shape index (κ3) is 3.90. The third-order valence-electron chi connectivity index (χ3n) is 3.79. The maximum absolute atomic E-state index is 13.8. The van der Waals surface area contributed by atoms with E-state index in [1.165, 1.54) is 13.2 Å². The van der Waals surface area contributed by atoms with E-state index in [2.05, 4.69) is 0 Å². The fourth-order valence-electron chi connectivity index (χ4n) is 2.76. The monoisotopic (exact) mass is 309 g/mol. The van der Waals surface area contributed by atoms with Crippen LogP contribution in [0.4, 0.5) is 9.18 Å². The van der Waals surface area contributed by atoms with E-state index in [0.717, 1.165) is 18.4 Å². The summed E-state index contributed by atoms with van der Waals surface area (Å²) in [5.41, 5.74) is 0.394. The Bertz CT molecular complexity index is 531. The van der Waals surface area contributed by atoms with Crippen LogP contribution in [-0.2, 0) is 4.74 Å². The topological polar surface area (TPSA) is 38.8 Å². The third-order valence-corrected chi connectivity index (χ3v) is 3.79. The van der Waals surface area contributed by atoms with Gasteiger partial charge in [0, 0.05) is 18.7 Å². The number of nitrogens with zero attached hydrogens (tertiary/aromatic N) is 1. The Labute approximate surface area is 131 Å². The van der Waals surface area contributed by atoms with E-state index in [0.29, 0.717) is 18.8 Å². The number of likely N-dealkylation sites (tertiary alicyclic amines) is 1. The van der Waals surface area contributed by atoms with Crippen molar-refractivity contribution in [2.75, 3.05) is 20.2 Å². The molecule has 0 radical (unpaired) electrons. The fraction of sp³-hybridized carbons (Fsp3) is 0.588. The zero-order chi connectivity index (χ0) is 16.3. The van der Waals surface area contributed by atoms with Crippen molar-refractivity contribution in [3.63, 3.8) is 0 Å². The van der Waals surface area contributed by atoms with Crippen molar-refractivity contribution in [3.05, 3.63) is 29.6 Å². The summed E-state index contributed by atoms with van der Waals surface area (Å²) >= 11 is 0.